The monoisotopic (exact) mass is 441 g/mol. The number of anilines is 2. The maximum absolute atomic E-state index is 12.9. The molecule has 2 aliphatic rings. The number of amides is 3. The highest BCUT2D eigenvalue weighted by molar-refractivity contribution is 6.30. The van der Waals surface area contributed by atoms with E-state index in [1.807, 2.05) is 4.90 Å². The predicted octanol–water partition coefficient (Wildman–Crippen LogP) is 3.50. The fraction of sp³-hybridized carbons (Fsp3) is 0.409. The Bertz CT molecular complexity index is 973. The van der Waals surface area contributed by atoms with E-state index in [-0.39, 0.29) is 29.5 Å². The van der Waals surface area contributed by atoms with E-state index in [9.17, 15) is 14.4 Å². The topological polar surface area (TPSA) is 104 Å². The van der Waals surface area contributed by atoms with Gasteiger partial charge in [-0.15, -0.1) is 0 Å². The zero-order chi connectivity index (χ0) is 21.8. The van der Waals surface area contributed by atoms with Gasteiger partial charge in [-0.3, -0.25) is 14.4 Å². The molecule has 162 valence electrons. The van der Waals surface area contributed by atoms with Crippen molar-refractivity contribution in [2.24, 2.45) is 5.92 Å². The Morgan fingerprint density at radius 3 is 2.55 bits per heavy atom. The summed E-state index contributed by atoms with van der Waals surface area (Å²) in [5.74, 6) is -0.177. The zero-order valence-corrected chi connectivity index (χ0v) is 17.8. The average molecular weight is 442 g/mol. The number of rotatable bonds is 5. The molecule has 9 heteroatoms. The first kappa shape index (κ1) is 21.2. The van der Waals surface area contributed by atoms with Crippen LogP contribution < -0.4 is 10.6 Å². The lowest BCUT2D eigenvalue weighted by Crippen LogP contribution is -2.40. The van der Waals surface area contributed by atoms with E-state index in [4.69, 9.17) is 11.6 Å². The van der Waals surface area contributed by atoms with Gasteiger partial charge in [0.05, 0.1) is 10.7 Å². The molecule has 3 heterocycles. The number of pyridine rings is 2. The highest BCUT2D eigenvalue weighted by Gasteiger charge is 2.33. The number of nitrogens with zero attached hydrogens (tertiary/aromatic N) is 3. The molecule has 2 N–H and O–H groups in total. The zero-order valence-electron chi connectivity index (χ0n) is 17.0. The van der Waals surface area contributed by atoms with E-state index < -0.39 is 5.91 Å². The lowest BCUT2D eigenvalue weighted by Gasteiger charge is -2.34. The van der Waals surface area contributed by atoms with Crippen LogP contribution in [0.3, 0.4) is 0 Å². The van der Waals surface area contributed by atoms with Gasteiger partial charge >= 0.3 is 0 Å². The molecule has 0 spiro atoms. The molecule has 2 aromatic heterocycles. The number of hydrogen-bond donors (Lipinski definition) is 2. The Balaban J connectivity index is 1.37. The molecule has 1 aliphatic heterocycles. The summed E-state index contributed by atoms with van der Waals surface area (Å²) in [4.78, 5) is 47.6. The van der Waals surface area contributed by atoms with Crippen LogP contribution in [-0.2, 0) is 9.59 Å². The average Bonchev–Trinajstić information content (AvgIpc) is 3.21. The Kier molecular flexibility index (Phi) is 6.46. The number of halogens is 1. The fourth-order valence-corrected chi connectivity index (χ4v) is 4.36. The quantitative estimate of drug-likeness (QED) is 0.738. The first-order chi connectivity index (χ1) is 15.0. The van der Waals surface area contributed by atoms with E-state index in [2.05, 4.69) is 20.6 Å². The van der Waals surface area contributed by atoms with E-state index >= 15 is 0 Å². The molecule has 1 saturated carbocycles. The summed E-state index contributed by atoms with van der Waals surface area (Å²) in [6.45, 7) is 0.830. The molecular weight excluding hydrogens is 418 g/mol. The van der Waals surface area contributed by atoms with Crippen LogP contribution in [0.25, 0.3) is 0 Å². The van der Waals surface area contributed by atoms with Crippen molar-refractivity contribution in [1.82, 2.24) is 14.9 Å². The number of nitrogens with one attached hydrogen (secondary N) is 2. The third kappa shape index (κ3) is 5.02. The first-order valence-corrected chi connectivity index (χ1v) is 10.9. The maximum Gasteiger partial charge on any atom is 0.277 e. The summed E-state index contributed by atoms with van der Waals surface area (Å²) >= 11 is 5.82. The summed E-state index contributed by atoms with van der Waals surface area (Å²) in [7, 11) is 0. The Hall–Kier alpha value is -3.00. The SMILES string of the molecule is O=C(Nc1ccc(Cl)cn1)c1ncccc1NC(=O)C1CCC(N2CCCC2=O)CC1. The van der Waals surface area contributed by atoms with Crippen molar-refractivity contribution in [1.29, 1.82) is 0 Å². The highest BCUT2D eigenvalue weighted by Crippen LogP contribution is 2.31. The predicted molar refractivity (Wildman–Crippen MR) is 117 cm³/mol. The van der Waals surface area contributed by atoms with Gasteiger partial charge in [0, 0.05) is 37.3 Å². The molecule has 4 rings (SSSR count). The molecule has 8 nitrogen and oxygen atoms in total. The molecule has 31 heavy (non-hydrogen) atoms. The van der Waals surface area contributed by atoms with Crippen molar-refractivity contribution >= 4 is 40.8 Å². The number of carbonyl (C=O) groups excluding carboxylic acids is 3. The normalized spacial score (nSPS) is 21.1. The molecule has 2 aromatic rings. The second-order valence-corrected chi connectivity index (χ2v) is 8.34. The van der Waals surface area contributed by atoms with Crippen molar-refractivity contribution in [2.75, 3.05) is 17.2 Å². The molecule has 0 aromatic carbocycles. The van der Waals surface area contributed by atoms with Crippen LogP contribution in [0.5, 0.6) is 0 Å². The smallest absolute Gasteiger partial charge is 0.277 e. The Morgan fingerprint density at radius 1 is 1.06 bits per heavy atom. The van der Waals surface area contributed by atoms with Gasteiger partial charge in [-0.2, -0.15) is 0 Å². The molecule has 0 bridgehead atoms. The minimum atomic E-state index is -0.470. The number of carbonyl (C=O) groups is 3. The van der Waals surface area contributed by atoms with Gasteiger partial charge in [0.15, 0.2) is 5.69 Å². The molecule has 2 fully saturated rings. The lowest BCUT2D eigenvalue weighted by atomic mass is 9.84. The van der Waals surface area contributed by atoms with Crippen molar-refractivity contribution < 1.29 is 14.4 Å². The number of hydrogen-bond acceptors (Lipinski definition) is 5. The summed E-state index contributed by atoms with van der Waals surface area (Å²) < 4.78 is 0. The summed E-state index contributed by atoms with van der Waals surface area (Å²) in [6, 6.07) is 6.78. The minimum absolute atomic E-state index is 0.115. The molecule has 3 amide bonds. The number of likely N-dealkylation sites (tertiary alicyclic amines) is 1. The van der Waals surface area contributed by atoms with Gasteiger partial charge in [0.25, 0.3) is 5.91 Å². The molecule has 1 aliphatic carbocycles. The molecule has 0 unspecified atom stereocenters. The van der Waals surface area contributed by atoms with E-state index in [0.29, 0.717) is 22.9 Å². The highest BCUT2D eigenvalue weighted by atomic mass is 35.5. The number of aromatic nitrogens is 2. The van der Waals surface area contributed by atoms with Crippen LogP contribution in [0, 0.1) is 5.92 Å². The van der Waals surface area contributed by atoms with E-state index in [1.165, 1.54) is 12.4 Å². The van der Waals surface area contributed by atoms with E-state index in [1.54, 1.807) is 24.3 Å². The van der Waals surface area contributed by atoms with Crippen LogP contribution in [0.15, 0.2) is 36.7 Å². The van der Waals surface area contributed by atoms with Crippen LogP contribution in [0.4, 0.5) is 11.5 Å². The Labute approximate surface area is 185 Å². The first-order valence-electron chi connectivity index (χ1n) is 10.5. The van der Waals surface area contributed by atoms with Gasteiger partial charge in [0.2, 0.25) is 11.8 Å². The largest absolute Gasteiger partial charge is 0.340 e. The third-order valence-electron chi connectivity index (χ3n) is 5.87. The summed E-state index contributed by atoms with van der Waals surface area (Å²) in [5.41, 5.74) is 0.472. The molecule has 0 atom stereocenters. The molecule has 1 saturated heterocycles. The van der Waals surface area contributed by atoms with Gasteiger partial charge in [-0.25, -0.2) is 9.97 Å². The maximum atomic E-state index is 12.9. The second-order valence-electron chi connectivity index (χ2n) is 7.90. The van der Waals surface area contributed by atoms with Crippen molar-refractivity contribution in [3.8, 4) is 0 Å². The third-order valence-corrected chi connectivity index (χ3v) is 6.09. The van der Waals surface area contributed by atoms with Gasteiger partial charge in [0.1, 0.15) is 5.82 Å². The van der Waals surface area contributed by atoms with Crippen molar-refractivity contribution in [3.63, 3.8) is 0 Å². The van der Waals surface area contributed by atoms with Crippen LogP contribution in [0.2, 0.25) is 5.02 Å². The van der Waals surface area contributed by atoms with Crippen molar-refractivity contribution in [2.45, 2.75) is 44.6 Å². The van der Waals surface area contributed by atoms with Gasteiger partial charge in [-0.1, -0.05) is 11.6 Å². The van der Waals surface area contributed by atoms with Crippen LogP contribution in [-0.4, -0.2) is 45.2 Å². The minimum Gasteiger partial charge on any atom is -0.340 e. The fourth-order valence-electron chi connectivity index (χ4n) is 4.25. The van der Waals surface area contributed by atoms with Gasteiger partial charge < -0.3 is 15.5 Å². The summed E-state index contributed by atoms with van der Waals surface area (Å²) in [6.07, 6.45) is 7.59. The standard InChI is InChI=1S/C22H24ClN5O3/c23-15-7-10-18(25-13-15)27-22(31)20-17(3-1-11-24-20)26-21(30)14-5-8-16(9-6-14)28-12-2-4-19(28)29/h1,3,7,10-11,13-14,16H,2,4-6,8-9,12H2,(H,26,30)(H,25,27,31). The van der Waals surface area contributed by atoms with Crippen LogP contribution in [0.1, 0.15) is 49.0 Å². The van der Waals surface area contributed by atoms with Crippen LogP contribution >= 0.6 is 11.6 Å². The van der Waals surface area contributed by atoms with Gasteiger partial charge in [-0.05, 0) is 56.4 Å². The molecular formula is C22H24ClN5O3. The second kappa shape index (κ2) is 9.43. The lowest BCUT2D eigenvalue weighted by molar-refractivity contribution is -0.130. The van der Waals surface area contributed by atoms with Crippen molar-refractivity contribution in [3.05, 3.63) is 47.4 Å². The van der Waals surface area contributed by atoms with E-state index in [0.717, 1.165) is 38.6 Å². The summed E-state index contributed by atoms with van der Waals surface area (Å²) in [5, 5.41) is 5.99. The molecule has 0 radical (unpaired) electrons. The Morgan fingerprint density at radius 2 is 1.87 bits per heavy atom.